The van der Waals surface area contributed by atoms with E-state index >= 15 is 0 Å². The topological polar surface area (TPSA) is 68.8 Å². The number of fused-ring (bicyclic) bond motifs is 1. The van der Waals surface area contributed by atoms with Gasteiger partial charge in [0.05, 0.1) is 17.3 Å². The Morgan fingerprint density at radius 2 is 2.42 bits per heavy atom. The van der Waals surface area contributed by atoms with Gasteiger partial charge in [-0.25, -0.2) is 4.98 Å². The van der Waals surface area contributed by atoms with Crippen molar-refractivity contribution in [1.82, 2.24) is 14.8 Å². The Labute approximate surface area is 69.2 Å². The summed E-state index contributed by atoms with van der Waals surface area (Å²) in [5.41, 5.74) is 4.26. The van der Waals surface area contributed by atoms with Gasteiger partial charge in [-0.15, -0.1) is 0 Å². The third kappa shape index (κ3) is 0.835. The van der Waals surface area contributed by atoms with Crippen molar-refractivity contribution in [3.8, 4) is 0 Å². The molecule has 2 aromatic rings. The van der Waals surface area contributed by atoms with Gasteiger partial charge in [0, 0.05) is 13.2 Å². The monoisotopic (exact) mass is 163 g/mol. The quantitative estimate of drug-likeness (QED) is 0.467. The number of aryl methyl sites for hydroxylation is 1. The van der Waals surface area contributed by atoms with E-state index < -0.39 is 0 Å². The summed E-state index contributed by atoms with van der Waals surface area (Å²) in [5.74, 6) is 5.31. The van der Waals surface area contributed by atoms with Gasteiger partial charge in [0.1, 0.15) is 0 Å². The molecule has 2 rings (SSSR count). The van der Waals surface area contributed by atoms with Crippen molar-refractivity contribution in [3.05, 3.63) is 18.5 Å². The Morgan fingerprint density at radius 1 is 1.58 bits per heavy atom. The van der Waals surface area contributed by atoms with E-state index in [1.165, 1.54) is 0 Å². The van der Waals surface area contributed by atoms with E-state index in [0.717, 1.165) is 16.7 Å². The number of nitrogens with one attached hydrogen (secondary N) is 1. The van der Waals surface area contributed by atoms with Gasteiger partial charge in [-0.1, -0.05) is 0 Å². The zero-order valence-corrected chi connectivity index (χ0v) is 6.65. The van der Waals surface area contributed by atoms with E-state index in [9.17, 15) is 0 Å². The average molecular weight is 163 g/mol. The van der Waals surface area contributed by atoms with Gasteiger partial charge in [-0.05, 0) is 6.07 Å². The molecule has 0 aliphatic heterocycles. The van der Waals surface area contributed by atoms with Gasteiger partial charge in [0.15, 0.2) is 5.65 Å². The molecular weight excluding hydrogens is 154 g/mol. The summed E-state index contributed by atoms with van der Waals surface area (Å²) in [6, 6.07) is 1.81. The summed E-state index contributed by atoms with van der Waals surface area (Å²) in [4.78, 5) is 4.15. The van der Waals surface area contributed by atoms with Gasteiger partial charge >= 0.3 is 0 Å². The number of rotatable bonds is 1. The second-order valence-corrected chi connectivity index (χ2v) is 2.51. The van der Waals surface area contributed by atoms with Crippen molar-refractivity contribution in [3.63, 3.8) is 0 Å². The third-order valence-corrected chi connectivity index (χ3v) is 1.79. The summed E-state index contributed by atoms with van der Waals surface area (Å²) in [6.07, 6.45) is 3.43. The second-order valence-electron chi connectivity index (χ2n) is 2.51. The Bertz CT molecular complexity index is 405. The van der Waals surface area contributed by atoms with Gasteiger partial charge in [-0.2, -0.15) is 5.10 Å². The molecule has 0 atom stereocenters. The molecule has 0 unspecified atom stereocenters. The minimum atomic E-state index is 0.824. The first-order chi connectivity index (χ1) is 5.83. The molecule has 3 N–H and O–H groups in total. The van der Waals surface area contributed by atoms with Crippen LogP contribution in [0.25, 0.3) is 11.0 Å². The zero-order chi connectivity index (χ0) is 8.55. The Kier molecular flexibility index (Phi) is 1.44. The average Bonchev–Trinajstić information content (AvgIpc) is 2.48. The third-order valence-electron chi connectivity index (χ3n) is 1.79. The largest absolute Gasteiger partial charge is 0.323 e. The highest BCUT2D eigenvalue weighted by Crippen LogP contribution is 2.18. The fraction of sp³-hybridized carbons (Fsp3) is 0.143. The second kappa shape index (κ2) is 2.46. The van der Waals surface area contributed by atoms with Crippen LogP contribution in [-0.2, 0) is 7.05 Å². The van der Waals surface area contributed by atoms with Gasteiger partial charge in [0.25, 0.3) is 0 Å². The standard InChI is InChI=1S/C7H9N5/c1-12-7-5(4-10-12)6(11-8)2-3-9-7/h2-4H,8H2,1H3,(H,9,11). The minimum Gasteiger partial charge on any atom is -0.323 e. The molecule has 5 heteroatoms. The van der Waals surface area contributed by atoms with Crippen molar-refractivity contribution in [1.29, 1.82) is 0 Å². The number of hydrazine groups is 1. The summed E-state index contributed by atoms with van der Waals surface area (Å²) >= 11 is 0. The highest BCUT2D eigenvalue weighted by molar-refractivity contribution is 5.88. The van der Waals surface area contributed by atoms with Gasteiger partial charge < -0.3 is 5.43 Å². The van der Waals surface area contributed by atoms with Crippen LogP contribution in [0.15, 0.2) is 18.5 Å². The molecule has 12 heavy (non-hydrogen) atoms. The van der Waals surface area contributed by atoms with Crippen molar-refractivity contribution < 1.29 is 0 Å². The van der Waals surface area contributed by atoms with Crippen molar-refractivity contribution in [2.24, 2.45) is 12.9 Å². The number of nitrogen functional groups attached to an aromatic ring is 1. The molecule has 62 valence electrons. The van der Waals surface area contributed by atoms with E-state index in [0.29, 0.717) is 0 Å². The first-order valence-corrected chi connectivity index (χ1v) is 3.56. The van der Waals surface area contributed by atoms with Crippen molar-refractivity contribution in [2.45, 2.75) is 0 Å². The van der Waals surface area contributed by atoms with Crippen LogP contribution in [0.4, 0.5) is 5.69 Å². The highest BCUT2D eigenvalue weighted by Gasteiger charge is 2.03. The smallest absolute Gasteiger partial charge is 0.159 e. The van der Waals surface area contributed by atoms with E-state index in [4.69, 9.17) is 5.84 Å². The lowest BCUT2D eigenvalue weighted by Crippen LogP contribution is -2.07. The molecule has 0 aliphatic carbocycles. The Morgan fingerprint density at radius 3 is 3.17 bits per heavy atom. The fourth-order valence-electron chi connectivity index (χ4n) is 1.17. The number of hydrogen-bond donors (Lipinski definition) is 2. The molecular formula is C7H9N5. The van der Waals surface area contributed by atoms with E-state index in [-0.39, 0.29) is 0 Å². The van der Waals surface area contributed by atoms with Gasteiger partial charge in [0.2, 0.25) is 0 Å². The molecule has 0 saturated heterocycles. The van der Waals surface area contributed by atoms with Crippen LogP contribution in [0, 0.1) is 0 Å². The molecule has 0 spiro atoms. The molecule has 5 nitrogen and oxygen atoms in total. The maximum absolute atomic E-state index is 5.31. The summed E-state index contributed by atoms with van der Waals surface area (Å²) in [6.45, 7) is 0. The fourth-order valence-corrected chi connectivity index (χ4v) is 1.17. The van der Waals surface area contributed by atoms with Crippen LogP contribution in [0.2, 0.25) is 0 Å². The summed E-state index contributed by atoms with van der Waals surface area (Å²) in [7, 11) is 1.84. The van der Waals surface area contributed by atoms with Gasteiger partial charge in [-0.3, -0.25) is 10.5 Å². The zero-order valence-electron chi connectivity index (χ0n) is 6.65. The molecule has 0 amide bonds. The van der Waals surface area contributed by atoms with Crippen molar-refractivity contribution >= 4 is 16.7 Å². The number of anilines is 1. The van der Waals surface area contributed by atoms with E-state index in [1.807, 2.05) is 13.1 Å². The molecule has 0 aliphatic rings. The van der Waals surface area contributed by atoms with E-state index in [2.05, 4.69) is 15.5 Å². The SMILES string of the molecule is Cn1ncc2c(NN)ccnc21. The molecule has 0 radical (unpaired) electrons. The maximum atomic E-state index is 5.31. The number of pyridine rings is 1. The van der Waals surface area contributed by atoms with Crippen LogP contribution >= 0.6 is 0 Å². The van der Waals surface area contributed by atoms with Crippen LogP contribution in [0.5, 0.6) is 0 Å². The maximum Gasteiger partial charge on any atom is 0.159 e. The first kappa shape index (κ1) is 7.05. The predicted octanol–water partition coefficient (Wildman–Crippen LogP) is 0.254. The molecule has 0 aromatic carbocycles. The van der Waals surface area contributed by atoms with Crippen LogP contribution < -0.4 is 11.3 Å². The number of nitrogens with zero attached hydrogens (tertiary/aromatic N) is 3. The lowest BCUT2D eigenvalue weighted by Gasteiger charge is -1.99. The number of aromatic nitrogens is 3. The first-order valence-electron chi connectivity index (χ1n) is 3.56. The summed E-state index contributed by atoms with van der Waals surface area (Å²) in [5, 5.41) is 5.00. The lowest BCUT2D eigenvalue weighted by atomic mass is 10.3. The summed E-state index contributed by atoms with van der Waals surface area (Å²) < 4.78 is 1.70. The van der Waals surface area contributed by atoms with Crippen LogP contribution in [0.3, 0.4) is 0 Å². The number of hydrogen-bond acceptors (Lipinski definition) is 4. The molecule has 0 saturated carbocycles. The van der Waals surface area contributed by atoms with E-state index in [1.54, 1.807) is 17.1 Å². The van der Waals surface area contributed by atoms with Crippen molar-refractivity contribution in [2.75, 3.05) is 5.43 Å². The lowest BCUT2D eigenvalue weighted by molar-refractivity contribution is 0.786. The Hall–Kier alpha value is -1.62. The minimum absolute atomic E-state index is 0.824. The predicted molar refractivity (Wildman–Crippen MR) is 46.3 cm³/mol. The number of nitrogens with two attached hydrogens (primary N) is 1. The molecule has 2 aromatic heterocycles. The highest BCUT2D eigenvalue weighted by atomic mass is 15.3. The Balaban J connectivity index is 2.81. The van der Waals surface area contributed by atoms with Crippen LogP contribution in [-0.4, -0.2) is 14.8 Å². The normalized spacial score (nSPS) is 10.5. The van der Waals surface area contributed by atoms with Crippen LogP contribution in [0.1, 0.15) is 0 Å². The molecule has 2 heterocycles. The molecule has 0 fully saturated rings. The molecule has 0 bridgehead atoms.